The molecule has 0 unspecified atom stereocenters. The summed E-state index contributed by atoms with van der Waals surface area (Å²) in [5, 5.41) is 11.4. The van der Waals surface area contributed by atoms with Crippen molar-refractivity contribution in [3.05, 3.63) is 11.6 Å². The third-order valence-electron chi connectivity index (χ3n) is 1.96. The zero-order valence-corrected chi connectivity index (χ0v) is 9.10. The number of nitrogens with one attached hydrogen (secondary N) is 1. The van der Waals surface area contributed by atoms with Gasteiger partial charge in [-0.2, -0.15) is 13.2 Å². The maximum atomic E-state index is 11.7. The molecule has 0 spiro atoms. The van der Waals surface area contributed by atoms with Crippen molar-refractivity contribution in [3.8, 4) is 0 Å². The van der Waals surface area contributed by atoms with E-state index in [4.69, 9.17) is 5.11 Å². The van der Waals surface area contributed by atoms with Crippen LogP contribution >= 0.6 is 0 Å². The topological polar surface area (TPSA) is 49.3 Å². The molecule has 0 aromatic heterocycles. The van der Waals surface area contributed by atoms with Crippen molar-refractivity contribution in [3.63, 3.8) is 0 Å². The van der Waals surface area contributed by atoms with Crippen LogP contribution < -0.4 is 5.32 Å². The quantitative estimate of drug-likeness (QED) is 0.529. The first kappa shape index (κ1) is 15.0. The Morgan fingerprint density at radius 1 is 1.44 bits per heavy atom. The van der Waals surface area contributed by atoms with E-state index in [1.807, 2.05) is 0 Å². The lowest BCUT2D eigenvalue weighted by molar-refractivity contribution is -0.135. The zero-order chi connectivity index (χ0) is 12.6. The SMILES string of the molecule is CCC(=CCNCCCC(F)(F)F)C(=O)O. The minimum absolute atomic E-state index is 0.00582. The van der Waals surface area contributed by atoms with Crippen LogP contribution in [0.25, 0.3) is 0 Å². The summed E-state index contributed by atoms with van der Waals surface area (Å²) in [5.41, 5.74) is 0.267. The molecule has 0 heterocycles. The van der Waals surface area contributed by atoms with Crippen LogP contribution in [0.4, 0.5) is 13.2 Å². The van der Waals surface area contributed by atoms with E-state index in [1.54, 1.807) is 6.92 Å². The second-order valence-electron chi connectivity index (χ2n) is 3.31. The molecule has 0 aliphatic heterocycles. The Morgan fingerprint density at radius 2 is 2.06 bits per heavy atom. The number of carboxylic acids is 1. The first-order valence-electron chi connectivity index (χ1n) is 5.06. The molecule has 94 valence electrons. The van der Waals surface area contributed by atoms with E-state index in [-0.39, 0.29) is 25.1 Å². The van der Waals surface area contributed by atoms with Gasteiger partial charge in [0.2, 0.25) is 0 Å². The van der Waals surface area contributed by atoms with Crippen LogP contribution in [0, 0.1) is 0 Å². The number of alkyl halides is 3. The number of carboxylic acid groups (broad SMARTS) is 1. The van der Waals surface area contributed by atoms with Gasteiger partial charge in [0.1, 0.15) is 0 Å². The molecule has 0 rings (SSSR count). The van der Waals surface area contributed by atoms with Gasteiger partial charge in [0.05, 0.1) is 0 Å². The summed E-state index contributed by atoms with van der Waals surface area (Å²) in [7, 11) is 0. The molecule has 3 nitrogen and oxygen atoms in total. The molecule has 0 saturated carbocycles. The molecule has 0 aliphatic carbocycles. The van der Waals surface area contributed by atoms with Gasteiger partial charge in [0, 0.05) is 18.5 Å². The van der Waals surface area contributed by atoms with Crippen molar-refractivity contribution >= 4 is 5.97 Å². The maximum Gasteiger partial charge on any atom is 0.389 e. The van der Waals surface area contributed by atoms with E-state index in [9.17, 15) is 18.0 Å². The van der Waals surface area contributed by atoms with Gasteiger partial charge in [0.25, 0.3) is 0 Å². The average molecular weight is 239 g/mol. The fourth-order valence-corrected chi connectivity index (χ4v) is 1.09. The molecule has 0 aromatic carbocycles. The minimum atomic E-state index is -4.12. The van der Waals surface area contributed by atoms with E-state index in [0.29, 0.717) is 6.42 Å². The van der Waals surface area contributed by atoms with Crippen LogP contribution in [0.2, 0.25) is 0 Å². The largest absolute Gasteiger partial charge is 0.478 e. The van der Waals surface area contributed by atoms with Crippen LogP contribution in [0.15, 0.2) is 11.6 Å². The van der Waals surface area contributed by atoms with Crippen molar-refractivity contribution in [1.29, 1.82) is 0 Å². The van der Waals surface area contributed by atoms with Gasteiger partial charge < -0.3 is 10.4 Å². The van der Waals surface area contributed by atoms with E-state index in [2.05, 4.69) is 5.32 Å². The fourth-order valence-electron chi connectivity index (χ4n) is 1.09. The molecule has 0 amide bonds. The normalized spacial score (nSPS) is 12.9. The molecule has 16 heavy (non-hydrogen) atoms. The van der Waals surface area contributed by atoms with Gasteiger partial charge in [-0.05, 0) is 19.4 Å². The van der Waals surface area contributed by atoms with Crippen LogP contribution in [0.3, 0.4) is 0 Å². The summed E-state index contributed by atoms with van der Waals surface area (Å²) >= 11 is 0. The van der Waals surface area contributed by atoms with E-state index >= 15 is 0 Å². The minimum Gasteiger partial charge on any atom is -0.478 e. The first-order chi connectivity index (χ1) is 7.37. The maximum absolute atomic E-state index is 11.7. The van der Waals surface area contributed by atoms with Crippen LogP contribution in [0.1, 0.15) is 26.2 Å². The van der Waals surface area contributed by atoms with Gasteiger partial charge in [-0.15, -0.1) is 0 Å². The van der Waals surface area contributed by atoms with Crippen LogP contribution in [-0.2, 0) is 4.79 Å². The van der Waals surface area contributed by atoms with Gasteiger partial charge in [-0.3, -0.25) is 0 Å². The summed E-state index contributed by atoms with van der Waals surface area (Å²) in [5.74, 6) is -0.986. The standard InChI is InChI=1S/C10H16F3NO2/c1-2-8(9(15)16)4-7-14-6-3-5-10(11,12)13/h4,14H,2-3,5-7H2,1H3,(H,15,16). The Kier molecular flexibility index (Phi) is 6.80. The zero-order valence-electron chi connectivity index (χ0n) is 9.10. The summed E-state index contributed by atoms with van der Waals surface area (Å²) in [6.07, 6.45) is -3.04. The second-order valence-corrected chi connectivity index (χ2v) is 3.31. The predicted octanol–water partition coefficient (Wildman–Crippen LogP) is 2.34. The summed E-state index contributed by atoms with van der Waals surface area (Å²) in [4.78, 5) is 10.5. The molecule has 0 aliphatic rings. The van der Waals surface area contributed by atoms with Gasteiger partial charge >= 0.3 is 12.1 Å². The fraction of sp³-hybridized carbons (Fsp3) is 0.700. The van der Waals surface area contributed by atoms with E-state index in [0.717, 1.165) is 0 Å². The molecule has 0 aromatic rings. The third kappa shape index (κ3) is 8.28. The van der Waals surface area contributed by atoms with Crippen molar-refractivity contribution in [2.45, 2.75) is 32.4 Å². The molecule has 0 bridgehead atoms. The average Bonchev–Trinajstić information content (AvgIpc) is 2.14. The molecular weight excluding hydrogens is 223 g/mol. The number of hydrogen-bond acceptors (Lipinski definition) is 2. The Bertz CT molecular complexity index is 249. The van der Waals surface area contributed by atoms with Crippen molar-refractivity contribution in [2.75, 3.05) is 13.1 Å². The highest BCUT2D eigenvalue weighted by atomic mass is 19.4. The van der Waals surface area contributed by atoms with Crippen LogP contribution in [-0.4, -0.2) is 30.3 Å². The third-order valence-corrected chi connectivity index (χ3v) is 1.96. The molecule has 2 N–H and O–H groups in total. The molecule has 0 saturated heterocycles. The molecule has 0 radical (unpaired) electrons. The van der Waals surface area contributed by atoms with Crippen molar-refractivity contribution in [1.82, 2.24) is 5.32 Å². The number of hydrogen-bond donors (Lipinski definition) is 2. The molecular formula is C10H16F3NO2. The van der Waals surface area contributed by atoms with E-state index < -0.39 is 18.6 Å². The lowest BCUT2D eigenvalue weighted by Crippen LogP contribution is -2.18. The summed E-state index contributed by atoms with van der Waals surface area (Å²) < 4.78 is 35.2. The van der Waals surface area contributed by atoms with Crippen LogP contribution in [0.5, 0.6) is 0 Å². The molecule has 6 heteroatoms. The van der Waals surface area contributed by atoms with Crippen molar-refractivity contribution < 1.29 is 23.1 Å². The Labute approximate surface area is 92.3 Å². The van der Waals surface area contributed by atoms with E-state index in [1.165, 1.54) is 6.08 Å². The number of carbonyl (C=O) groups is 1. The second kappa shape index (κ2) is 7.27. The highest BCUT2D eigenvalue weighted by Gasteiger charge is 2.25. The monoisotopic (exact) mass is 239 g/mol. The highest BCUT2D eigenvalue weighted by molar-refractivity contribution is 5.86. The first-order valence-corrected chi connectivity index (χ1v) is 5.06. The molecule has 0 atom stereocenters. The van der Waals surface area contributed by atoms with Gasteiger partial charge in [-0.25, -0.2) is 4.79 Å². The Balaban J connectivity index is 3.64. The lowest BCUT2D eigenvalue weighted by atomic mass is 10.2. The summed E-state index contributed by atoms with van der Waals surface area (Å²) in [6, 6.07) is 0. The van der Waals surface area contributed by atoms with Crippen molar-refractivity contribution in [2.24, 2.45) is 0 Å². The number of aliphatic carboxylic acids is 1. The number of rotatable bonds is 7. The Morgan fingerprint density at radius 3 is 2.50 bits per heavy atom. The smallest absolute Gasteiger partial charge is 0.389 e. The Hall–Kier alpha value is -1.04. The van der Waals surface area contributed by atoms with Gasteiger partial charge in [-0.1, -0.05) is 13.0 Å². The predicted molar refractivity (Wildman–Crippen MR) is 54.2 cm³/mol. The summed E-state index contributed by atoms with van der Waals surface area (Å²) in [6.45, 7) is 2.23. The number of halogens is 3. The molecule has 0 fully saturated rings. The highest BCUT2D eigenvalue weighted by Crippen LogP contribution is 2.20. The lowest BCUT2D eigenvalue weighted by Gasteiger charge is -2.06. The van der Waals surface area contributed by atoms with Gasteiger partial charge in [0.15, 0.2) is 0 Å².